The summed E-state index contributed by atoms with van der Waals surface area (Å²) in [5.74, 6) is 1.13. The number of hydrogen-bond acceptors (Lipinski definition) is 5. The van der Waals surface area contributed by atoms with Crippen LogP contribution in [0, 0.1) is 0 Å². The van der Waals surface area contributed by atoms with Crippen LogP contribution in [-0.2, 0) is 22.7 Å². The highest BCUT2D eigenvalue weighted by Crippen LogP contribution is 2.27. The number of rotatable bonds is 12. The molecule has 2 amide bonds. The van der Waals surface area contributed by atoms with Crippen molar-refractivity contribution in [2.24, 2.45) is 0 Å². The summed E-state index contributed by atoms with van der Waals surface area (Å²) in [6, 6.07) is 30.1. The summed E-state index contributed by atoms with van der Waals surface area (Å²) >= 11 is 6.24. The Morgan fingerprint density at radius 1 is 0.775 bits per heavy atom. The summed E-state index contributed by atoms with van der Waals surface area (Å²) in [6.07, 6.45) is 0. The first-order valence-electron chi connectivity index (χ1n) is 12.7. The Morgan fingerprint density at radius 3 is 1.95 bits per heavy atom. The number of amides is 2. The Labute approximate surface area is 239 Å². The summed E-state index contributed by atoms with van der Waals surface area (Å²) < 4.78 is 16.3. The highest BCUT2D eigenvalue weighted by molar-refractivity contribution is 6.32. The molecule has 1 atom stereocenters. The molecule has 0 bridgehead atoms. The van der Waals surface area contributed by atoms with Gasteiger partial charge in [-0.3, -0.25) is 9.59 Å². The molecule has 4 aromatic carbocycles. The molecule has 1 N–H and O–H groups in total. The van der Waals surface area contributed by atoms with Gasteiger partial charge in [-0.2, -0.15) is 0 Å². The number of carbonyl (C=O) groups excluding carboxylic acids is 2. The topological polar surface area (TPSA) is 77.1 Å². The molecular formula is C32H31ClN2O5. The normalized spacial score (nSPS) is 11.3. The van der Waals surface area contributed by atoms with Gasteiger partial charge in [0.25, 0.3) is 5.91 Å². The number of para-hydroxylation sites is 1. The van der Waals surface area contributed by atoms with Crippen molar-refractivity contribution in [1.29, 1.82) is 0 Å². The van der Waals surface area contributed by atoms with E-state index in [1.54, 1.807) is 38.5 Å². The van der Waals surface area contributed by atoms with Crippen molar-refractivity contribution >= 4 is 23.4 Å². The van der Waals surface area contributed by atoms with Crippen LogP contribution < -0.4 is 19.5 Å². The lowest BCUT2D eigenvalue weighted by Gasteiger charge is -2.31. The molecule has 4 aromatic rings. The van der Waals surface area contributed by atoms with E-state index in [9.17, 15) is 9.59 Å². The molecule has 0 aliphatic heterocycles. The second-order valence-electron chi connectivity index (χ2n) is 8.97. The van der Waals surface area contributed by atoms with Crippen LogP contribution in [0.1, 0.15) is 22.7 Å². The van der Waals surface area contributed by atoms with Crippen LogP contribution in [0.2, 0.25) is 5.02 Å². The molecule has 7 nitrogen and oxygen atoms in total. The van der Waals surface area contributed by atoms with E-state index in [-0.39, 0.29) is 31.5 Å². The lowest BCUT2D eigenvalue weighted by Crippen LogP contribution is -2.45. The van der Waals surface area contributed by atoms with E-state index in [0.29, 0.717) is 22.1 Å². The standard InChI is InChI=1S/C32H31ClN2O5/c1-38-26-16-12-23(13-17-26)20-34-32(37)31(25-8-4-3-5-9-25)35(21-24-14-18-27(39-2)19-15-24)30(36)22-40-29-11-7-6-10-28(29)33/h3-19,31H,20-22H2,1-2H3,(H,34,37). The summed E-state index contributed by atoms with van der Waals surface area (Å²) in [5, 5.41) is 3.40. The Hall–Kier alpha value is -4.49. The fourth-order valence-electron chi connectivity index (χ4n) is 4.17. The number of methoxy groups -OCH3 is 2. The first-order valence-corrected chi connectivity index (χ1v) is 13.1. The quantitative estimate of drug-likeness (QED) is 0.237. The van der Waals surface area contributed by atoms with Gasteiger partial charge in [0, 0.05) is 13.1 Å². The van der Waals surface area contributed by atoms with Crippen LogP contribution in [0.5, 0.6) is 17.2 Å². The minimum Gasteiger partial charge on any atom is -0.497 e. The van der Waals surface area contributed by atoms with Gasteiger partial charge >= 0.3 is 0 Å². The van der Waals surface area contributed by atoms with Crippen molar-refractivity contribution in [3.05, 3.63) is 125 Å². The SMILES string of the molecule is COc1ccc(CNC(=O)C(c2ccccc2)N(Cc2ccc(OC)cc2)C(=O)COc2ccccc2Cl)cc1. The number of benzene rings is 4. The average Bonchev–Trinajstić information content (AvgIpc) is 3.00. The third kappa shape index (κ3) is 7.55. The first-order chi connectivity index (χ1) is 19.5. The second-order valence-corrected chi connectivity index (χ2v) is 9.38. The zero-order valence-corrected chi connectivity index (χ0v) is 23.1. The van der Waals surface area contributed by atoms with Crippen LogP contribution in [0.4, 0.5) is 0 Å². The molecule has 0 aromatic heterocycles. The predicted octanol–water partition coefficient (Wildman–Crippen LogP) is 5.82. The second kappa shape index (κ2) is 14.1. The number of nitrogens with zero attached hydrogens (tertiary/aromatic N) is 1. The molecule has 0 radical (unpaired) electrons. The summed E-state index contributed by atoms with van der Waals surface area (Å²) in [5.41, 5.74) is 2.40. The number of hydrogen-bond donors (Lipinski definition) is 1. The van der Waals surface area contributed by atoms with Crippen molar-refractivity contribution in [2.45, 2.75) is 19.1 Å². The third-order valence-electron chi connectivity index (χ3n) is 6.32. The van der Waals surface area contributed by atoms with Gasteiger partial charge in [0.1, 0.15) is 23.3 Å². The Balaban J connectivity index is 1.62. The molecule has 0 aliphatic carbocycles. The van der Waals surface area contributed by atoms with Gasteiger partial charge in [-0.25, -0.2) is 0 Å². The van der Waals surface area contributed by atoms with E-state index in [2.05, 4.69) is 5.32 Å². The van der Waals surface area contributed by atoms with Crippen LogP contribution >= 0.6 is 11.6 Å². The lowest BCUT2D eigenvalue weighted by atomic mass is 10.0. The molecule has 40 heavy (non-hydrogen) atoms. The van der Waals surface area contributed by atoms with E-state index in [1.807, 2.05) is 78.9 Å². The lowest BCUT2D eigenvalue weighted by molar-refractivity contribution is -0.143. The molecule has 0 spiro atoms. The third-order valence-corrected chi connectivity index (χ3v) is 6.63. The van der Waals surface area contributed by atoms with Crippen molar-refractivity contribution in [3.63, 3.8) is 0 Å². The average molecular weight is 559 g/mol. The van der Waals surface area contributed by atoms with Crippen molar-refractivity contribution < 1.29 is 23.8 Å². The molecule has 206 valence electrons. The van der Waals surface area contributed by atoms with Crippen LogP contribution in [0.15, 0.2) is 103 Å². The fourth-order valence-corrected chi connectivity index (χ4v) is 4.36. The van der Waals surface area contributed by atoms with Gasteiger partial charge in [-0.15, -0.1) is 0 Å². The van der Waals surface area contributed by atoms with Gasteiger partial charge in [-0.1, -0.05) is 78.3 Å². The minimum atomic E-state index is -0.913. The zero-order valence-electron chi connectivity index (χ0n) is 22.4. The maximum absolute atomic E-state index is 13.8. The number of ether oxygens (including phenoxy) is 3. The molecule has 0 saturated heterocycles. The molecular weight excluding hydrogens is 528 g/mol. The van der Waals surface area contributed by atoms with E-state index in [0.717, 1.165) is 16.9 Å². The number of halogens is 1. The largest absolute Gasteiger partial charge is 0.497 e. The van der Waals surface area contributed by atoms with E-state index >= 15 is 0 Å². The minimum absolute atomic E-state index is 0.171. The van der Waals surface area contributed by atoms with E-state index in [4.69, 9.17) is 25.8 Å². The Bertz CT molecular complexity index is 1400. The molecule has 8 heteroatoms. The van der Waals surface area contributed by atoms with Crippen molar-refractivity contribution in [3.8, 4) is 17.2 Å². The van der Waals surface area contributed by atoms with Gasteiger partial charge in [0.2, 0.25) is 5.91 Å². The van der Waals surface area contributed by atoms with Crippen LogP contribution in [-0.4, -0.2) is 37.5 Å². The van der Waals surface area contributed by atoms with Crippen molar-refractivity contribution in [1.82, 2.24) is 10.2 Å². The number of carbonyl (C=O) groups is 2. The summed E-state index contributed by atoms with van der Waals surface area (Å²) in [6.45, 7) is 0.159. The predicted molar refractivity (Wildman–Crippen MR) is 155 cm³/mol. The van der Waals surface area contributed by atoms with Gasteiger partial charge in [-0.05, 0) is 53.1 Å². The molecule has 4 rings (SSSR count). The summed E-state index contributed by atoms with van der Waals surface area (Å²) in [4.78, 5) is 29.1. The van der Waals surface area contributed by atoms with Gasteiger partial charge in [0.05, 0.1) is 19.2 Å². The van der Waals surface area contributed by atoms with Crippen LogP contribution in [0.25, 0.3) is 0 Å². The molecule has 0 heterocycles. The zero-order chi connectivity index (χ0) is 28.3. The Morgan fingerprint density at radius 2 is 1.35 bits per heavy atom. The number of nitrogens with one attached hydrogen (secondary N) is 1. The Kier molecular flexibility index (Phi) is 10.0. The fraction of sp³-hybridized carbons (Fsp3) is 0.188. The van der Waals surface area contributed by atoms with E-state index < -0.39 is 6.04 Å². The van der Waals surface area contributed by atoms with Gasteiger partial charge < -0.3 is 24.4 Å². The molecule has 0 fully saturated rings. The summed E-state index contributed by atoms with van der Waals surface area (Å²) in [7, 11) is 3.20. The molecule has 0 saturated carbocycles. The monoisotopic (exact) mass is 558 g/mol. The smallest absolute Gasteiger partial charge is 0.261 e. The molecule has 1 unspecified atom stereocenters. The molecule has 0 aliphatic rings. The van der Waals surface area contributed by atoms with E-state index in [1.165, 1.54) is 4.90 Å². The first kappa shape index (κ1) is 28.5. The van der Waals surface area contributed by atoms with Crippen LogP contribution in [0.3, 0.4) is 0 Å². The maximum Gasteiger partial charge on any atom is 0.261 e. The van der Waals surface area contributed by atoms with Crippen molar-refractivity contribution in [2.75, 3.05) is 20.8 Å². The van der Waals surface area contributed by atoms with Gasteiger partial charge in [0.15, 0.2) is 6.61 Å². The maximum atomic E-state index is 13.8. The highest BCUT2D eigenvalue weighted by Gasteiger charge is 2.32. The highest BCUT2D eigenvalue weighted by atomic mass is 35.5.